The lowest BCUT2D eigenvalue weighted by Gasteiger charge is -2.22. The molecule has 0 aliphatic carbocycles. The minimum atomic E-state index is -3.63. The fraction of sp³-hybridized carbons (Fsp3) is 0.467. The first kappa shape index (κ1) is 17.7. The minimum absolute atomic E-state index is 0.0948. The highest BCUT2D eigenvalue weighted by atomic mass is 35.5. The second-order valence-electron chi connectivity index (χ2n) is 5.34. The van der Waals surface area contributed by atoms with Crippen LogP contribution in [0.2, 0.25) is 5.02 Å². The topological polar surface area (TPSA) is 57.6 Å². The van der Waals surface area contributed by atoms with Gasteiger partial charge in [-0.1, -0.05) is 24.6 Å². The van der Waals surface area contributed by atoms with E-state index in [0.29, 0.717) is 27.8 Å². The lowest BCUT2D eigenvalue weighted by Crippen LogP contribution is -2.37. The second kappa shape index (κ2) is 6.84. The standard InChI is InChI=1S/C15H20ClNO3S2/c1-4-8-17(9-10(2)18)22(19,20)15-11(3)14-12(16)6-5-7-13(14)21-15/h5-7,10,18H,4,8-9H2,1-3H3. The summed E-state index contributed by atoms with van der Waals surface area (Å²) in [5.74, 6) is 0. The van der Waals surface area contributed by atoms with Crippen LogP contribution in [0.5, 0.6) is 0 Å². The Morgan fingerprint density at radius 1 is 1.41 bits per heavy atom. The summed E-state index contributed by atoms with van der Waals surface area (Å²) in [5, 5.41) is 10.9. The monoisotopic (exact) mass is 361 g/mol. The van der Waals surface area contributed by atoms with Gasteiger partial charge in [0.05, 0.1) is 6.10 Å². The van der Waals surface area contributed by atoms with Gasteiger partial charge in [-0.25, -0.2) is 8.42 Å². The number of hydrogen-bond donors (Lipinski definition) is 1. The molecular formula is C15H20ClNO3S2. The molecule has 1 aromatic carbocycles. The van der Waals surface area contributed by atoms with Gasteiger partial charge in [0.25, 0.3) is 10.0 Å². The summed E-state index contributed by atoms with van der Waals surface area (Å²) < 4.78 is 28.4. The second-order valence-corrected chi connectivity index (χ2v) is 8.93. The predicted molar refractivity (Wildman–Crippen MR) is 92.3 cm³/mol. The summed E-state index contributed by atoms with van der Waals surface area (Å²) in [7, 11) is -3.63. The van der Waals surface area contributed by atoms with E-state index >= 15 is 0 Å². The van der Waals surface area contributed by atoms with Crippen LogP contribution in [0.4, 0.5) is 0 Å². The van der Waals surface area contributed by atoms with Crippen molar-refractivity contribution in [2.75, 3.05) is 13.1 Å². The summed E-state index contributed by atoms with van der Waals surface area (Å²) in [6.07, 6.45) is -0.0176. The molecule has 0 saturated carbocycles. The maximum absolute atomic E-state index is 12.9. The zero-order chi connectivity index (χ0) is 16.5. The van der Waals surface area contributed by atoms with E-state index in [1.807, 2.05) is 19.1 Å². The van der Waals surface area contributed by atoms with Crippen LogP contribution < -0.4 is 0 Å². The Morgan fingerprint density at radius 2 is 2.09 bits per heavy atom. The molecule has 22 heavy (non-hydrogen) atoms. The summed E-state index contributed by atoms with van der Waals surface area (Å²) >= 11 is 7.44. The molecule has 0 radical (unpaired) electrons. The van der Waals surface area contributed by atoms with Crippen molar-refractivity contribution < 1.29 is 13.5 Å². The Bertz CT molecular complexity index is 768. The molecule has 0 saturated heterocycles. The molecule has 0 bridgehead atoms. The third-order valence-corrected chi connectivity index (χ3v) is 7.41. The Hall–Kier alpha value is -0.660. The van der Waals surface area contributed by atoms with Gasteiger partial charge in [-0.15, -0.1) is 11.3 Å². The van der Waals surface area contributed by atoms with Gasteiger partial charge >= 0.3 is 0 Å². The molecule has 0 aliphatic heterocycles. The number of thiophene rings is 1. The van der Waals surface area contributed by atoms with Crippen LogP contribution in [-0.4, -0.2) is 37.0 Å². The average molecular weight is 362 g/mol. The van der Waals surface area contributed by atoms with Gasteiger partial charge in [0.15, 0.2) is 0 Å². The van der Waals surface area contributed by atoms with E-state index in [1.54, 1.807) is 19.9 Å². The first-order valence-electron chi connectivity index (χ1n) is 7.14. The van der Waals surface area contributed by atoms with Gasteiger partial charge in [-0.2, -0.15) is 4.31 Å². The number of nitrogens with zero attached hydrogens (tertiary/aromatic N) is 1. The Labute approximate surface area is 140 Å². The van der Waals surface area contributed by atoms with Crippen molar-refractivity contribution in [2.45, 2.75) is 37.5 Å². The van der Waals surface area contributed by atoms with Crippen LogP contribution in [0.15, 0.2) is 22.4 Å². The first-order chi connectivity index (χ1) is 10.3. The van der Waals surface area contributed by atoms with Crippen molar-refractivity contribution in [1.29, 1.82) is 0 Å². The molecule has 0 aliphatic rings. The predicted octanol–water partition coefficient (Wildman–Crippen LogP) is 3.64. The van der Waals surface area contributed by atoms with Crippen LogP contribution in [0.3, 0.4) is 0 Å². The zero-order valence-electron chi connectivity index (χ0n) is 12.8. The summed E-state index contributed by atoms with van der Waals surface area (Å²) in [4.78, 5) is 0. The van der Waals surface area contributed by atoms with Crippen LogP contribution in [-0.2, 0) is 10.0 Å². The number of aryl methyl sites for hydroxylation is 1. The Morgan fingerprint density at radius 3 is 2.64 bits per heavy atom. The molecule has 0 fully saturated rings. The van der Waals surface area contributed by atoms with Crippen LogP contribution in [0, 0.1) is 6.92 Å². The quantitative estimate of drug-likeness (QED) is 0.854. The first-order valence-corrected chi connectivity index (χ1v) is 9.78. The molecule has 2 aromatic rings. The van der Waals surface area contributed by atoms with E-state index in [-0.39, 0.29) is 6.54 Å². The molecule has 0 spiro atoms. The van der Waals surface area contributed by atoms with Gasteiger partial charge in [-0.3, -0.25) is 0 Å². The molecule has 4 nitrogen and oxygen atoms in total. The van der Waals surface area contributed by atoms with Crippen molar-refractivity contribution in [2.24, 2.45) is 0 Å². The number of rotatable bonds is 6. The van der Waals surface area contributed by atoms with Crippen LogP contribution >= 0.6 is 22.9 Å². The van der Waals surface area contributed by atoms with Gasteiger partial charge in [-0.05, 0) is 38.0 Å². The molecule has 1 heterocycles. The van der Waals surface area contributed by atoms with Crippen molar-refractivity contribution in [1.82, 2.24) is 4.31 Å². The van der Waals surface area contributed by atoms with E-state index in [4.69, 9.17) is 11.6 Å². The molecule has 7 heteroatoms. The third-order valence-electron chi connectivity index (χ3n) is 3.37. The van der Waals surface area contributed by atoms with Gasteiger partial charge in [0.1, 0.15) is 4.21 Å². The smallest absolute Gasteiger partial charge is 0.252 e. The Balaban J connectivity index is 2.57. The molecule has 1 unspecified atom stereocenters. The molecule has 122 valence electrons. The number of halogens is 1. The van der Waals surface area contributed by atoms with Crippen molar-refractivity contribution >= 4 is 43.0 Å². The fourth-order valence-electron chi connectivity index (χ4n) is 2.45. The van der Waals surface area contributed by atoms with Gasteiger partial charge in [0, 0.05) is 28.2 Å². The minimum Gasteiger partial charge on any atom is -0.392 e. The van der Waals surface area contributed by atoms with E-state index in [9.17, 15) is 13.5 Å². The van der Waals surface area contributed by atoms with E-state index in [2.05, 4.69) is 0 Å². The SMILES string of the molecule is CCCN(CC(C)O)S(=O)(=O)c1sc2cccc(Cl)c2c1C. The van der Waals surface area contributed by atoms with Gasteiger partial charge in [0.2, 0.25) is 0 Å². The van der Waals surface area contributed by atoms with Crippen molar-refractivity contribution in [3.63, 3.8) is 0 Å². The highest BCUT2D eigenvalue weighted by Crippen LogP contribution is 2.39. The lowest BCUT2D eigenvalue weighted by atomic mass is 10.2. The number of fused-ring (bicyclic) bond motifs is 1. The summed E-state index contributed by atoms with van der Waals surface area (Å²) in [6.45, 7) is 5.77. The Kier molecular flexibility index (Phi) is 5.50. The highest BCUT2D eigenvalue weighted by molar-refractivity contribution is 7.91. The number of aliphatic hydroxyl groups excluding tert-OH is 1. The van der Waals surface area contributed by atoms with E-state index in [0.717, 1.165) is 10.1 Å². The van der Waals surface area contributed by atoms with Crippen LogP contribution in [0.25, 0.3) is 10.1 Å². The molecule has 0 amide bonds. The lowest BCUT2D eigenvalue weighted by molar-refractivity contribution is 0.163. The molecule has 1 N–H and O–H groups in total. The largest absolute Gasteiger partial charge is 0.392 e. The number of benzene rings is 1. The van der Waals surface area contributed by atoms with Crippen molar-refractivity contribution in [3.8, 4) is 0 Å². The maximum atomic E-state index is 12.9. The summed E-state index contributed by atoms with van der Waals surface area (Å²) in [6, 6.07) is 5.45. The molecular weight excluding hydrogens is 342 g/mol. The maximum Gasteiger partial charge on any atom is 0.252 e. The zero-order valence-corrected chi connectivity index (χ0v) is 15.2. The average Bonchev–Trinajstić information content (AvgIpc) is 2.77. The number of aliphatic hydroxyl groups is 1. The van der Waals surface area contributed by atoms with E-state index < -0.39 is 16.1 Å². The van der Waals surface area contributed by atoms with E-state index in [1.165, 1.54) is 15.6 Å². The summed E-state index contributed by atoms with van der Waals surface area (Å²) in [5.41, 5.74) is 0.678. The van der Waals surface area contributed by atoms with Crippen LogP contribution in [0.1, 0.15) is 25.8 Å². The molecule has 2 rings (SSSR count). The molecule has 1 atom stereocenters. The number of hydrogen-bond acceptors (Lipinski definition) is 4. The fourth-order valence-corrected chi connectivity index (χ4v) is 6.35. The van der Waals surface area contributed by atoms with Gasteiger partial charge < -0.3 is 5.11 Å². The molecule has 1 aromatic heterocycles. The normalized spacial score (nSPS) is 13.9. The number of sulfonamides is 1. The highest BCUT2D eigenvalue weighted by Gasteiger charge is 2.29. The van der Waals surface area contributed by atoms with Crippen molar-refractivity contribution in [3.05, 3.63) is 28.8 Å². The third kappa shape index (κ3) is 3.31.